The Kier molecular flexibility index (Phi) is 8.82. The Bertz CT molecular complexity index is 1440. The maximum Gasteiger partial charge on any atom is 0.510 e. The molecule has 1 aliphatic carbocycles. The molecule has 0 spiro atoms. The number of phosphoric ester groups is 1. The Morgan fingerprint density at radius 1 is 1.26 bits per heavy atom. The molecule has 4 N–H and O–H groups in total. The molecule has 2 amide bonds. The third kappa shape index (κ3) is 7.60. The molecule has 1 aromatic rings. The number of rotatable bonds is 10. The van der Waals surface area contributed by atoms with Crippen molar-refractivity contribution in [1.82, 2.24) is 14.9 Å². The summed E-state index contributed by atoms with van der Waals surface area (Å²) >= 11 is 0. The molecule has 0 bridgehead atoms. The van der Waals surface area contributed by atoms with Crippen molar-refractivity contribution in [2.45, 2.75) is 37.5 Å². The summed E-state index contributed by atoms with van der Waals surface area (Å²) in [5, 5.41) is 8.93. The number of fused-ring (bicyclic) bond motifs is 1. The fraction of sp³-hybridized carbons (Fsp3) is 0.500. The maximum atomic E-state index is 12.7. The van der Waals surface area contributed by atoms with Gasteiger partial charge in [0.05, 0.1) is 12.0 Å². The van der Waals surface area contributed by atoms with Gasteiger partial charge < -0.3 is 24.2 Å². The molecule has 0 aromatic carbocycles. The first-order valence-electron chi connectivity index (χ1n) is 11.3. The van der Waals surface area contributed by atoms with E-state index in [1.54, 1.807) is 6.07 Å². The fourth-order valence-electron chi connectivity index (χ4n) is 3.51. The van der Waals surface area contributed by atoms with Gasteiger partial charge in [-0.05, 0) is 44.1 Å². The molecule has 1 aromatic heterocycles. The number of amides is 2. The van der Waals surface area contributed by atoms with Crippen molar-refractivity contribution in [1.29, 1.82) is 0 Å². The second kappa shape index (κ2) is 11.4. The van der Waals surface area contributed by atoms with Crippen LogP contribution < -0.4 is 5.48 Å². The highest BCUT2D eigenvalue weighted by Crippen LogP contribution is 2.45. The van der Waals surface area contributed by atoms with Crippen LogP contribution in [0.5, 0.6) is 0 Å². The lowest BCUT2D eigenvalue weighted by Gasteiger charge is -2.27. The molecule has 17 heteroatoms. The first kappa shape index (κ1) is 30.2. The topological polar surface area (TPSA) is 211 Å². The van der Waals surface area contributed by atoms with E-state index in [1.807, 2.05) is 0 Å². The number of phosphoric acid groups is 1. The first-order chi connectivity index (χ1) is 18.1. The minimum Gasteiger partial charge on any atom is -0.433 e. The molecule has 2 aliphatic rings. The molecule has 1 aliphatic heterocycles. The van der Waals surface area contributed by atoms with Crippen molar-refractivity contribution in [2.24, 2.45) is 5.41 Å². The Labute approximate surface area is 223 Å². The van der Waals surface area contributed by atoms with Crippen molar-refractivity contribution in [3.63, 3.8) is 0 Å². The number of hydroxylamine groups is 1. The molecule has 1 unspecified atom stereocenters. The van der Waals surface area contributed by atoms with Gasteiger partial charge in [0.2, 0.25) is 6.79 Å². The van der Waals surface area contributed by atoms with Crippen LogP contribution in [-0.4, -0.2) is 81.9 Å². The molecule has 15 nitrogen and oxygen atoms in total. The second-order valence-electron chi connectivity index (χ2n) is 9.19. The highest BCUT2D eigenvalue weighted by Gasteiger charge is 2.44. The molecule has 212 valence electrons. The largest absolute Gasteiger partial charge is 0.510 e. The van der Waals surface area contributed by atoms with Crippen LogP contribution in [0.25, 0.3) is 0 Å². The van der Waals surface area contributed by atoms with Gasteiger partial charge in [-0.25, -0.2) is 32.6 Å². The van der Waals surface area contributed by atoms with Crippen LogP contribution >= 0.6 is 7.82 Å². The molecule has 1 fully saturated rings. The SMILES string of the molecule is CC(CCN1Cc2cc(C#CC#CC3(COC(=O)OCOP(=O)(O)O)CC3)cn2C1=O)(C(=O)NO)S(C)(=O)=O. The zero-order valence-electron chi connectivity index (χ0n) is 20.9. The summed E-state index contributed by atoms with van der Waals surface area (Å²) in [6, 6.07) is 1.26. The van der Waals surface area contributed by atoms with Gasteiger partial charge in [-0.15, -0.1) is 0 Å². The zero-order chi connectivity index (χ0) is 29.1. The summed E-state index contributed by atoms with van der Waals surface area (Å²) in [4.78, 5) is 54.6. The van der Waals surface area contributed by atoms with Crippen LogP contribution in [-0.2, 0) is 39.7 Å². The number of carbonyl (C=O) groups is 3. The molecule has 3 rings (SSSR count). The molecule has 0 saturated heterocycles. The van der Waals surface area contributed by atoms with E-state index in [0.717, 1.165) is 6.26 Å². The number of nitrogens with one attached hydrogen (secondary N) is 1. The summed E-state index contributed by atoms with van der Waals surface area (Å²) in [6.45, 7) is 0.245. The average Bonchev–Trinajstić information content (AvgIpc) is 3.41. The lowest BCUT2D eigenvalue weighted by atomic mass is 10.1. The Morgan fingerprint density at radius 2 is 1.95 bits per heavy atom. The van der Waals surface area contributed by atoms with Crippen LogP contribution in [0, 0.1) is 29.1 Å². The smallest absolute Gasteiger partial charge is 0.433 e. The quantitative estimate of drug-likeness (QED) is 0.0728. The van der Waals surface area contributed by atoms with Crippen molar-refractivity contribution >= 4 is 35.8 Å². The number of hydrogen-bond acceptors (Lipinski definition) is 10. The normalized spacial score (nSPS) is 17.1. The summed E-state index contributed by atoms with van der Waals surface area (Å²) in [5.74, 6) is 9.99. The number of nitrogens with zero attached hydrogens (tertiary/aromatic N) is 2. The molecule has 0 radical (unpaired) electrons. The minimum absolute atomic E-state index is 0.0433. The van der Waals surface area contributed by atoms with Crippen molar-refractivity contribution in [3.05, 3.63) is 23.5 Å². The Morgan fingerprint density at radius 3 is 2.51 bits per heavy atom. The van der Waals surface area contributed by atoms with E-state index in [9.17, 15) is 27.4 Å². The van der Waals surface area contributed by atoms with Crippen molar-refractivity contribution < 1.29 is 56.4 Å². The van der Waals surface area contributed by atoms with Gasteiger partial charge in [-0.3, -0.25) is 14.6 Å². The molecular weight excluding hydrogens is 561 g/mol. The van der Waals surface area contributed by atoms with E-state index < -0.39 is 52.7 Å². The lowest BCUT2D eigenvalue weighted by Crippen LogP contribution is -2.50. The van der Waals surface area contributed by atoms with E-state index in [1.165, 1.54) is 28.1 Å². The van der Waals surface area contributed by atoms with Crippen LogP contribution in [0.1, 0.15) is 37.4 Å². The van der Waals surface area contributed by atoms with E-state index in [-0.39, 0.29) is 26.1 Å². The van der Waals surface area contributed by atoms with Gasteiger partial charge in [0, 0.05) is 30.3 Å². The lowest BCUT2D eigenvalue weighted by molar-refractivity contribution is -0.131. The van der Waals surface area contributed by atoms with Gasteiger partial charge in [-0.1, -0.05) is 11.8 Å². The summed E-state index contributed by atoms with van der Waals surface area (Å²) in [5.41, 5.74) is 1.90. The van der Waals surface area contributed by atoms with Crippen LogP contribution in [0.2, 0.25) is 0 Å². The van der Waals surface area contributed by atoms with Crippen LogP contribution in [0.3, 0.4) is 0 Å². The van der Waals surface area contributed by atoms with Gasteiger partial charge in [0.1, 0.15) is 6.61 Å². The molecule has 2 heterocycles. The summed E-state index contributed by atoms with van der Waals surface area (Å²) in [7, 11) is -8.66. The average molecular weight is 588 g/mol. The van der Waals surface area contributed by atoms with Crippen LogP contribution in [0.15, 0.2) is 12.3 Å². The monoisotopic (exact) mass is 587 g/mol. The van der Waals surface area contributed by atoms with Gasteiger partial charge in [0.25, 0.3) is 5.91 Å². The molecule has 1 saturated carbocycles. The van der Waals surface area contributed by atoms with Gasteiger partial charge in [-0.2, -0.15) is 0 Å². The maximum absolute atomic E-state index is 12.7. The summed E-state index contributed by atoms with van der Waals surface area (Å²) in [6.07, 6.45) is 2.30. The van der Waals surface area contributed by atoms with Gasteiger partial charge >= 0.3 is 20.0 Å². The second-order valence-corrected chi connectivity index (χ2v) is 12.9. The molecule has 1 atom stereocenters. The number of aromatic nitrogens is 1. The summed E-state index contributed by atoms with van der Waals surface area (Å²) < 4.78 is 47.5. The standard InChI is InChI=1S/C22H26N3O12PS/c1-21(18(26)23-29,39(2,33)34)9-10-24-13-17-11-16(12-25(17)19(24)27)5-3-4-6-22(7-8-22)14-35-20(28)36-15-37-38(30,31)32/h11-12,29H,7-10,13-15H2,1-2H3,(H,23,26)(H2,30,31,32). The van der Waals surface area contributed by atoms with Crippen LogP contribution in [0.4, 0.5) is 9.59 Å². The van der Waals surface area contributed by atoms with E-state index in [4.69, 9.17) is 19.7 Å². The highest BCUT2D eigenvalue weighted by atomic mass is 32.2. The highest BCUT2D eigenvalue weighted by molar-refractivity contribution is 7.92. The van der Waals surface area contributed by atoms with Gasteiger partial charge in [0.15, 0.2) is 14.6 Å². The number of carbonyl (C=O) groups excluding carboxylic acids is 3. The van der Waals surface area contributed by atoms with Crippen molar-refractivity contribution in [3.8, 4) is 23.7 Å². The molecular formula is C22H26N3O12PS. The zero-order valence-corrected chi connectivity index (χ0v) is 22.6. The number of sulfone groups is 1. The van der Waals surface area contributed by atoms with E-state index in [0.29, 0.717) is 24.1 Å². The minimum atomic E-state index is -4.77. The predicted octanol–water partition coefficient (Wildman–Crippen LogP) is 0.326. The predicted molar refractivity (Wildman–Crippen MR) is 130 cm³/mol. The number of ether oxygens (including phenoxy) is 2. The van der Waals surface area contributed by atoms with E-state index in [2.05, 4.69) is 32.9 Å². The number of hydrogen-bond donors (Lipinski definition) is 4. The fourth-order valence-corrected chi connectivity index (χ4v) is 4.54. The third-order valence-electron chi connectivity index (χ3n) is 6.30. The van der Waals surface area contributed by atoms with Crippen molar-refractivity contribution in [2.75, 3.05) is 26.2 Å². The van der Waals surface area contributed by atoms with E-state index >= 15 is 0 Å². The first-order valence-corrected chi connectivity index (χ1v) is 14.7. The Balaban J connectivity index is 1.53. The Hall–Kier alpha value is -3.37. The third-order valence-corrected chi connectivity index (χ3v) is 8.77. The molecule has 39 heavy (non-hydrogen) atoms.